The van der Waals surface area contributed by atoms with E-state index in [9.17, 15) is 0 Å². The van der Waals surface area contributed by atoms with Crippen LogP contribution in [0.15, 0.2) is 68.4 Å². The molecule has 0 heterocycles. The van der Waals surface area contributed by atoms with E-state index in [0.29, 0.717) is 6.61 Å². The average molecular weight is 515 g/mol. The predicted octanol–water partition coefficient (Wildman–Crippen LogP) is 3.99. The molecule has 0 atom stereocenters. The van der Waals surface area contributed by atoms with Crippen LogP contribution in [-0.2, 0) is 11.3 Å². The fourth-order valence-corrected chi connectivity index (χ4v) is 15.0. The molecule has 0 N–H and O–H groups in total. The molecule has 3 heteroatoms. The van der Waals surface area contributed by atoms with E-state index < -0.39 is 18.4 Å². The summed E-state index contributed by atoms with van der Waals surface area (Å²) in [5, 5.41) is 0. The van der Waals surface area contributed by atoms with E-state index in [1.165, 1.54) is 9.17 Å². The predicted molar refractivity (Wildman–Crippen MR) is 99.4 cm³/mol. The molecule has 0 bridgehead atoms. The van der Waals surface area contributed by atoms with Crippen molar-refractivity contribution in [1.82, 2.24) is 0 Å². The molecule has 2 aromatic carbocycles. The molecule has 0 aromatic heterocycles. The van der Waals surface area contributed by atoms with Crippen LogP contribution in [0.1, 0.15) is 5.56 Å². The van der Waals surface area contributed by atoms with Crippen LogP contribution < -0.4 is 3.61 Å². The van der Waals surface area contributed by atoms with Crippen LogP contribution in [-0.4, -0.2) is 45.9 Å². The van der Waals surface area contributed by atoms with Crippen LogP contribution in [0.25, 0.3) is 0 Å². The fourth-order valence-electron chi connectivity index (χ4n) is 2.00. The summed E-state index contributed by atoms with van der Waals surface area (Å²) in [6.07, 6.45) is 2.40. The SMILES string of the molecule is [CH3][Sn]([CH3])([CH3])/[C](=C\COCc1ccccc1)[Te]c1ccccc1. The van der Waals surface area contributed by atoms with E-state index >= 15 is 0 Å². The Hall–Kier alpha value is -0.272. The molecule has 0 unspecified atom stereocenters. The number of hydrogen-bond donors (Lipinski definition) is 0. The molecule has 0 radical (unpaired) electrons. The molecule has 0 fully saturated rings. The molecule has 0 saturated heterocycles. The maximum absolute atomic E-state index is 5.86. The van der Waals surface area contributed by atoms with Gasteiger partial charge in [-0.1, -0.05) is 0 Å². The molecule has 2 aromatic rings. The number of ether oxygens (including phenoxy) is 1. The Balaban J connectivity index is 1.94. The Labute approximate surface area is 148 Å². The van der Waals surface area contributed by atoms with Crippen molar-refractivity contribution in [2.45, 2.75) is 21.4 Å². The first kappa shape index (κ1) is 18.1. The molecular formula is C19H24OSnTe. The zero-order valence-electron chi connectivity index (χ0n) is 13.6. The van der Waals surface area contributed by atoms with E-state index in [2.05, 4.69) is 75.5 Å². The van der Waals surface area contributed by atoms with E-state index in [4.69, 9.17) is 4.74 Å². The van der Waals surface area contributed by atoms with Crippen molar-refractivity contribution < 1.29 is 4.74 Å². The van der Waals surface area contributed by atoms with Crippen LogP contribution in [0.5, 0.6) is 0 Å². The molecule has 22 heavy (non-hydrogen) atoms. The fraction of sp³-hybridized carbons (Fsp3) is 0.263. The van der Waals surface area contributed by atoms with Gasteiger partial charge in [0.1, 0.15) is 0 Å². The van der Waals surface area contributed by atoms with Gasteiger partial charge in [-0.2, -0.15) is 0 Å². The van der Waals surface area contributed by atoms with Gasteiger partial charge in [0, 0.05) is 0 Å². The van der Waals surface area contributed by atoms with Crippen LogP contribution in [0, 0.1) is 0 Å². The van der Waals surface area contributed by atoms with Crippen LogP contribution >= 0.6 is 0 Å². The molecule has 0 aliphatic heterocycles. The Morgan fingerprint density at radius 3 is 2.14 bits per heavy atom. The molecule has 1 nitrogen and oxygen atoms in total. The third-order valence-electron chi connectivity index (χ3n) is 3.21. The molecule has 0 saturated carbocycles. The zero-order valence-corrected chi connectivity index (χ0v) is 18.8. The number of hydrogen-bond acceptors (Lipinski definition) is 1. The van der Waals surface area contributed by atoms with Crippen LogP contribution in [0.2, 0.25) is 14.8 Å². The summed E-state index contributed by atoms with van der Waals surface area (Å²) in [6, 6.07) is 21.4. The first-order chi connectivity index (χ1) is 10.6. The number of benzene rings is 2. The quantitative estimate of drug-likeness (QED) is 0.401. The zero-order chi connectivity index (χ0) is 15.8. The Bertz CT molecular complexity index is 588. The standard InChI is InChI=1S/C16H15OTe.3CH3.Sn/c1-3-8-15(9-4-1)14-17-12-7-13-18-16-10-5-2-6-11-16;;;;/h1-11H,12,14H2;3*1H3;. The second kappa shape index (κ2) is 9.13. The van der Waals surface area contributed by atoms with Gasteiger partial charge in [0.25, 0.3) is 0 Å². The summed E-state index contributed by atoms with van der Waals surface area (Å²) in [4.78, 5) is 7.52. The molecule has 0 aliphatic carbocycles. The van der Waals surface area contributed by atoms with Gasteiger partial charge in [0.15, 0.2) is 0 Å². The molecule has 0 aliphatic rings. The third kappa shape index (κ3) is 6.46. The second-order valence-electron chi connectivity index (χ2n) is 6.23. The van der Waals surface area contributed by atoms with Gasteiger partial charge < -0.3 is 0 Å². The first-order valence-corrected chi connectivity index (χ1v) is 19.9. The van der Waals surface area contributed by atoms with Crippen molar-refractivity contribution in [2.24, 2.45) is 0 Å². The summed E-state index contributed by atoms with van der Waals surface area (Å²) in [6.45, 7) is 1.45. The van der Waals surface area contributed by atoms with Crippen LogP contribution in [0.4, 0.5) is 0 Å². The first-order valence-electron chi connectivity index (χ1n) is 7.61. The Morgan fingerprint density at radius 1 is 0.955 bits per heavy atom. The molecule has 2 rings (SSSR count). The summed E-state index contributed by atoms with van der Waals surface area (Å²) in [7, 11) is 0. The number of rotatable bonds is 7. The van der Waals surface area contributed by atoms with Crippen molar-refractivity contribution in [2.75, 3.05) is 6.61 Å². The summed E-state index contributed by atoms with van der Waals surface area (Å²) in [5.74, 6) is 0. The van der Waals surface area contributed by atoms with Crippen molar-refractivity contribution in [3.8, 4) is 0 Å². The Kier molecular flexibility index (Phi) is 7.50. The summed E-state index contributed by atoms with van der Waals surface area (Å²) in [5.41, 5.74) is 1.25. The van der Waals surface area contributed by atoms with Crippen LogP contribution in [0.3, 0.4) is 0 Å². The van der Waals surface area contributed by atoms with E-state index in [1.807, 2.05) is 6.07 Å². The molecule has 0 amide bonds. The van der Waals surface area contributed by atoms with Gasteiger partial charge in [-0.3, -0.25) is 0 Å². The van der Waals surface area contributed by atoms with E-state index in [-0.39, 0.29) is 20.9 Å². The topological polar surface area (TPSA) is 9.23 Å². The summed E-state index contributed by atoms with van der Waals surface area (Å²) < 4.78 is 9.16. The van der Waals surface area contributed by atoms with Gasteiger partial charge in [-0.15, -0.1) is 0 Å². The minimum absolute atomic E-state index is 0.229. The van der Waals surface area contributed by atoms with Gasteiger partial charge in [0.2, 0.25) is 0 Å². The van der Waals surface area contributed by atoms with E-state index in [0.717, 1.165) is 6.61 Å². The maximum atomic E-state index is 5.86. The average Bonchev–Trinajstić information content (AvgIpc) is 2.51. The van der Waals surface area contributed by atoms with Gasteiger partial charge >= 0.3 is 150 Å². The third-order valence-corrected chi connectivity index (χ3v) is 24.2. The van der Waals surface area contributed by atoms with Gasteiger partial charge in [-0.05, 0) is 0 Å². The molecule has 116 valence electrons. The van der Waals surface area contributed by atoms with Crippen molar-refractivity contribution in [3.63, 3.8) is 0 Å². The van der Waals surface area contributed by atoms with Crippen molar-refractivity contribution in [3.05, 3.63) is 73.9 Å². The van der Waals surface area contributed by atoms with Crippen molar-refractivity contribution >= 4 is 42.9 Å². The van der Waals surface area contributed by atoms with E-state index in [1.54, 1.807) is 1.64 Å². The monoisotopic (exact) mass is 518 g/mol. The Morgan fingerprint density at radius 2 is 1.55 bits per heavy atom. The normalized spacial score (nSPS) is 12.4. The van der Waals surface area contributed by atoms with Crippen molar-refractivity contribution in [1.29, 1.82) is 0 Å². The molecular weight excluding hydrogens is 491 g/mol. The van der Waals surface area contributed by atoms with Gasteiger partial charge in [0.05, 0.1) is 0 Å². The minimum atomic E-state index is -2.02. The van der Waals surface area contributed by atoms with Gasteiger partial charge in [-0.25, -0.2) is 0 Å². The second-order valence-corrected chi connectivity index (χ2v) is 27.0. The summed E-state index contributed by atoms with van der Waals surface area (Å²) >= 11 is -2.24. The molecule has 0 spiro atoms.